The van der Waals surface area contributed by atoms with Crippen molar-refractivity contribution in [1.82, 2.24) is 24.8 Å². The molecule has 162 valence electrons. The lowest BCUT2D eigenvalue weighted by Gasteiger charge is -2.44. The molecule has 6 heteroatoms. The Bertz CT molecular complexity index is 1030. The van der Waals surface area contributed by atoms with Crippen LogP contribution in [0.2, 0.25) is 0 Å². The molecule has 0 radical (unpaired) electrons. The molecule has 5 nitrogen and oxygen atoms in total. The van der Waals surface area contributed by atoms with Crippen LogP contribution in [0.1, 0.15) is 43.7 Å². The summed E-state index contributed by atoms with van der Waals surface area (Å²) in [6, 6.07) is 14.0. The van der Waals surface area contributed by atoms with Gasteiger partial charge in [0.25, 0.3) is 0 Å². The van der Waals surface area contributed by atoms with Gasteiger partial charge in [-0.2, -0.15) is 0 Å². The lowest BCUT2D eigenvalue weighted by atomic mass is 9.84. The first kappa shape index (κ1) is 19.6. The Balaban J connectivity index is 1.18. The maximum atomic E-state index is 4.55. The summed E-state index contributed by atoms with van der Waals surface area (Å²) in [4.78, 5) is 7.69. The molecule has 1 atom stereocenters. The molecule has 0 saturated carbocycles. The zero-order valence-corrected chi connectivity index (χ0v) is 18.9. The number of aromatic nitrogens is 3. The molecule has 0 unspecified atom stereocenters. The number of benzene rings is 1. The van der Waals surface area contributed by atoms with E-state index in [9.17, 15) is 0 Å². The van der Waals surface area contributed by atoms with Crippen LogP contribution in [0.25, 0.3) is 21.0 Å². The lowest BCUT2D eigenvalue weighted by Crippen LogP contribution is -2.48. The number of rotatable bonds is 5. The van der Waals surface area contributed by atoms with Gasteiger partial charge in [-0.3, -0.25) is 4.90 Å². The number of thiophene rings is 1. The maximum absolute atomic E-state index is 4.55. The van der Waals surface area contributed by atoms with Gasteiger partial charge in [0.2, 0.25) is 0 Å². The highest BCUT2D eigenvalue weighted by atomic mass is 32.1. The van der Waals surface area contributed by atoms with E-state index in [1.165, 1.54) is 79.2 Å². The van der Waals surface area contributed by atoms with E-state index in [0.717, 1.165) is 24.7 Å². The van der Waals surface area contributed by atoms with E-state index >= 15 is 0 Å². The van der Waals surface area contributed by atoms with Gasteiger partial charge in [0, 0.05) is 18.0 Å². The number of fused-ring (bicyclic) bond motifs is 3. The third kappa shape index (κ3) is 4.09. The molecular weight excluding hydrogens is 402 g/mol. The van der Waals surface area contributed by atoms with Crippen molar-refractivity contribution in [2.24, 2.45) is 5.92 Å². The molecule has 0 amide bonds. The van der Waals surface area contributed by atoms with Gasteiger partial charge in [-0.05, 0) is 87.1 Å². The zero-order chi connectivity index (χ0) is 20.6. The fourth-order valence-corrected chi connectivity index (χ4v) is 6.57. The highest BCUT2D eigenvalue weighted by Crippen LogP contribution is 2.37. The summed E-state index contributed by atoms with van der Waals surface area (Å²) < 4.78 is 2.14. The largest absolute Gasteiger partial charge is 0.301 e. The lowest BCUT2D eigenvalue weighted by molar-refractivity contribution is 0.0504. The Labute approximate surface area is 188 Å². The number of nitrogens with zero attached hydrogens (tertiary/aromatic N) is 5. The number of piperidine rings is 4. The first-order chi connectivity index (χ1) is 15.3. The van der Waals surface area contributed by atoms with Crippen LogP contribution in [0.5, 0.6) is 0 Å². The molecule has 3 aromatic rings. The second-order valence-corrected chi connectivity index (χ2v) is 10.6. The minimum Gasteiger partial charge on any atom is -0.301 e. The van der Waals surface area contributed by atoms with E-state index < -0.39 is 0 Å². The van der Waals surface area contributed by atoms with Gasteiger partial charge in [-0.15, -0.1) is 16.4 Å². The quantitative estimate of drug-likeness (QED) is 0.572. The number of hydrogen-bond donors (Lipinski definition) is 0. The minimum atomic E-state index is 0.495. The Kier molecular flexibility index (Phi) is 5.38. The summed E-state index contributed by atoms with van der Waals surface area (Å²) in [7, 11) is 0. The zero-order valence-electron chi connectivity index (χ0n) is 18.1. The van der Waals surface area contributed by atoms with E-state index in [1.807, 2.05) is 11.3 Å². The molecule has 2 aromatic heterocycles. The summed E-state index contributed by atoms with van der Waals surface area (Å²) >= 11 is 1.83. The van der Waals surface area contributed by atoms with Crippen LogP contribution in [0.3, 0.4) is 0 Å². The van der Waals surface area contributed by atoms with Crippen molar-refractivity contribution in [2.45, 2.75) is 44.7 Å². The fourth-order valence-electron chi connectivity index (χ4n) is 5.61. The van der Waals surface area contributed by atoms with Crippen molar-refractivity contribution < 1.29 is 0 Å². The van der Waals surface area contributed by atoms with E-state index in [2.05, 4.69) is 67.4 Å². The van der Waals surface area contributed by atoms with Crippen molar-refractivity contribution in [3.63, 3.8) is 0 Å². The monoisotopic (exact) mass is 433 g/mol. The van der Waals surface area contributed by atoms with Gasteiger partial charge in [-0.1, -0.05) is 29.8 Å². The topological polar surface area (TPSA) is 37.2 Å². The van der Waals surface area contributed by atoms with Gasteiger partial charge < -0.3 is 4.90 Å². The molecular formula is C25H31N5S. The van der Waals surface area contributed by atoms with Crippen molar-refractivity contribution in [1.29, 1.82) is 0 Å². The molecule has 4 aliphatic heterocycles. The summed E-state index contributed by atoms with van der Waals surface area (Å²) in [5, 5.41) is 9.08. The van der Waals surface area contributed by atoms with Crippen LogP contribution >= 0.6 is 11.3 Å². The highest BCUT2D eigenvalue weighted by Gasteiger charge is 2.35. The van der Waals surface area contributed by atoms with Gasteiger partial charge in [0.05, 0.1) is 17.1 Å². The molecule has 2 bridgehead atoms. The first-order valence-electron chi connectivity index (χ1n) is 11.9. The van der Waals surface area contributed by atoms with E-state index in [4.69, 9.17) is 0 Å². The predicted molar refractivity (Wildman–Crippen MR) is 126 cm³/mol. The Morgan fingerprint density at radius 2 is 1.77 bits per heavy atom. The molecule has 0 N–H and O–H groups in total. The van der Waals surface area contributed by atoms with Gasteiger partial charge >= 0.3 is 0 Å². The van der Waals surface area contributed by atoms with Gasteiger partial charge in [0.1, 0.15) is 5.69 Å². The van der Waals surface area contributed by atoms with Crippen molar-refractivity contribution >= 4 is 11.3 Å². The summed E-state index contributed by atoms with van der Waals surface area (Å²) in [5.74, 6) is 0.765. The molecule has 4 fully saturated rings. The average molecular weight is 434 g/mol. The predicted octanol–water partition coefficient (Wildman–Crippen LogP) is 4.93. The summed E-state index contributed by atoms with van der Waals surface area (Å²) in [6.07, 6.45) is 8.85. The standard InChI is InChI=1S/C25H31N5S/c1-2-11-28(12-3-1)16-19-5-4-6-21(15-19)24-7-8-25(31-24)22-17-30(27-26-22)23-18-29-13-9-20(23)10-14-29/h4-8,15,17,20,23H,1-3,9-14,16,18H2/t23-/m0/s1. The van der Waals surface area contributed by atoms with Crippen LogP contribution in [-0.2, 0) is 6.54 Å². The molecule has 0 aliphatic carbocycles. The fraction of sp³-hybridized carbons (Fsp3) is 0.520. The van der Waals surface area contributed by atoms with Crippen LogP contribution in [-0.4, -0.2) is 57.5 Å². The molecule has 4 saturated heterocycles. The summed E-state index contributed by atoms with van der Waals surface area (Å²) in [6.45, 7) is 7.19. The SMILES string of the molecule is c1cc(CN2CCCCC2)cc(-c2ccc(-c3cn([C@H]4CN5CCC4CC5)nn3)s2)c1. The van der Waals surface area contributed by atoms with E-state index in [0.29, 0.717) is 6.04 Å². The van der Waals surface area contributed by atoms with Crippen LogP contribution in [0, 0.1) is 5.92 Å². The normalized spacial score (nSPS) is 26.4. The van der Waals surface area contributed by atoms with Crippen LogP contribution in [0.15, 0.2) is 42.6 Å². The average Bonchev–Trinajstić information content (AvgIpc) is 3.51. The first-order valence-corrected chi connectivity index (χ1v) is 12.7. The number of likely N-dealkylation sites (tertiary alicyclic amines) is 1. The molecule has 4 aliphatic rings. The Hall–Kier alpha value is -2.02. The third-order valence-electron chi connectivity index (χ3n) is 7.40. The van der Waals surface area contributed by atoms with Crippen LogP contribution < -0.4 is 0 Å². The summed E-state index contributed by atoms with van der Waals surface area (Å²) in [5.41, 5.74) is 3.75. The molecule has 6 heterocycles. The smallest absolute Gasteiger partial charge is 0.123 e. The molecule has 31 heavy (non-hydrogen) atoms. The van der Waals surface area contributed by atoms with Crippen LogP contribution in [0.4, 0.5) is 0 Å². The Morgan fingerprint density at radius 1 is 0.935 bits per heavy atom. The van der Waals surface area contributed by atoms with Crippen molar-refractivity contribution in [2.75, 3.05) is 32.7 Å². The third-order valence-corrected chi connectivity index (χ3v) is 8.55. The van der Waals surface area contributed by atoms with Gasteiger partial charge in [0.15, 0.2) is 0 Å². The molecule has 0 spiro atoms. The maximum Gasteiger partial charge on any atom is 0.123 e. The number of hydrogen-bond acceptors (Lipinski definition) is 5. The van der Waals surface area contributed by atoms with Crippen molar-refractivity contribution in [3.05, 3.63) is 48.2 Å². The molecule has 7 rings (SSSR count). The highest BCUT2D eigenvalue weighted by molar-refractivity contribution is 7.18. The second kappa shape index (κ2) is 8.49. The van der Waals surface area contributed by atoms with E-state index in [-0.39, 0.29) is 0 Å². The second-order valence-electron chi connectivity index (χ2n) is 9.49. The molecule has 1 aromatic carbocycles. The minimum absolute atomic E-state index is 0.495. The van der Waals surface area contributed by atoms with Crippen molar-refractivity contribution in [3.8, 4) is 21.0 Å². The Morgan fingerprint density at radius 3 is 2.58 bits per heavy atom. The van der Waals surface area contributed by atoms with E-state index in [1.54, 1.807) is 0 Å². The van der Waals surface area contributed by atoms with Gasteiger partial charge in [-0.25, -0.2) is 4.68 Å².